The molecule has 0 aliphatic rings. The fourth-order valence-electron chi connectivity index (χ4n) is 1.88. The molecule has 0 radical (unpaired) electrons. The summed E-state index contributed by atoms with van der Waals surface area (Å²) >= 11 is 0. The number of aryl methyl sites for hydroxylation is 2. The van der Waals surface area contributed by atoms with Gasteiger partial charge in [0.05, 0.1) is 24.0 Å². The van der Waals surface area contributed by atoms with Crippen molar-refractivity contribution in [2.24, 2.45) is 5.92 Å². The molecule has 0 saturated carbocycles. The number of methoxy groups -OCH3 is 1. The zero-order valence-corrected chi connectivity index (χ0v) is 12.4. The minimum atomic E-state index is -0.198. The average molecular weight is 268 g/mol. The van der Waals surface area contributed by atoms with Crippen LogP contribution in [-0.2, 0) is 11.3 Å². The molecule has 0 fully saturated rings. The van der Waals surface area contributed by atoms with Gasteiger partial charge in [-0.1, -0.05) is 13.8 Å². The van der Waals surface area contributed by atoms with Crippen LogP contribution in [0.25, 0.3) is 0 Å². The van der Waals surface area contributed by atoms with Gasteiger partial charge < -0.3 is 15.8 Å². The molecular formula is C13H24N4O2. The Balaban J connectivity index is 2.94. The summed E-state index contributed by atoms with van der Waals surface area (Å²) in [5, 5.41) is 7.21. The molecule has 6 heteroatoms. The van der Waals surface area contributed by atoms with Crippen molar-refractivity contribution >= 4 is 11.6 Å². The number of hydrogen-bond acceptors (Lipinski definition) is 4. The summed E-state index contributed by atoms with van der Waals surface area (Å²) in [6, 6.07) is -0.0441. The number of carbonyl (C=O) groups is 1. The molecule has 0 bridgehead atoms. The van der Waals surface area contributed by atoms with Crippen molar-refractivity contribution in [3.05, 3.63) is 11.4 Å². The smallest absolute Gasteiger partial charge is 0.272 e. The highest BCUT2D eigenvalue weighted by atomic mass is 16.5. The van der Waals surface area contributed by atoms with Crippen molar-refractivity contribution in [2.45, 2.75) is 40.3 Å². The number of anilines is 1. The second kappa shape index (κ2) is 6.56. The van der Waals surface area contributed by atoms with E-state index in [9.17, 15) is 4.79 Å². The molecule has 1 aromatic heterocycles. The van der Waals surface area contributed by atoms with Crippen LogP contribution in [0.4, 0.5) is 5.69 Å². The number of nitrogens with one attached hydrogen (secondary N) is 1. The van der Waals surface area contributed by atoms with Crippen molar-refractivity contribution < 1.29 is 9.53 Å². The fourth-order valence-corrected chi connectivity index (χ4v) is 1.88. The van der Waals surface area contributed by atoms with Gasteiger partial charge in [-0.25, -0.2) is 0 Å². The number of carbonyl (C=O) groups excluding carboxylic acids is 1. The highest BCUT2D eigenvalue weighted by Crippen LogP contribution is 2.17. The third-order valence-corrected chi connectivity index (χ3v) is 3.16. The lowest BCUT2D eigenvalue weighted by molar-refractivity contribution is 0.0857. The van der Waals surface area contributed by atoms with Gasteiger partial charge in [-0.15, -0.1) is 0 Å². The topological polar surface area (TPSA) is 82.2 Å². The second-order valence-corrected chi connectivity index (χ2v) is 4.94. The van der Waals surface area contributed by atoms with Crippen LogP contribution in [0.2, 0.25) is 0 Å². The van der Waals surface area contributed by atoms with Crippen LogP contribution in [0.1, 0.15) is 37.0 Å². The van der Waals surface area contributed by atoms with Gasteiger partial charge in [-0.3, -0.25) is 9.48 Å². The summed E-state index contributed by atoms with van der Waals surface area (Å²) in [5.41, 5.74) is 7.49. The molecule has 1 heterocycles. The normalized spacial score (nSPS) is 12.7. The molecule has 3 N–H and O–H groups in total. The van der Waals surface area contributed by atoms with Gasteiger partial charge in [0.15, 0.2) is 0 Å². The van der Waals surface area contributed by atoms with E-state index in [1.807, 2.05) is 20.8 Å². The van der Waals surface area contributed by atoms with Crippen LogP contribution in [0.15, 0.2) is 0 Å². The number of amides is 1. The Morgan fingerprint density at radius 1 is 1.53 bits per heavy atom. The van der Waals surface area contributed by atoms with Gasteiger partial charge in [0.25, 0.3) is 5.91 Å². The Hall–Kier alpha value is -1.56. The SMILES string of the molecule is CCn1nc(C)c(N)c1C(=O)NC(COC)C(C)C. The Labute approximate surface area is 114 Å². The van der Waals surface area contributed by atoms with Crippen molar-refractivity contribution in [1.82, 2.24) is 15.1 Å². The standard InChI is InChI=1S/C13H24N4O2/c1-6-17-12(11(14)9(4)16-17)13(18)15-10(7-19-5)8(2)3/h8,10H,6-7,14H2,1-5H3,(H,15,18). The summed E-state index contributed by atoms with van der Waals surface area (Å²) in [6.07, 6.45) is 0. The minimum absolute atomic E-state index is 0.0441. The van der Waals surface area contributed by atoms with Crippen LogP contribution < -0.4 is 11.1 Å². The molecule has 1 aromatic rings. The molecule has 0 aliphatic carbocycles. The first-order chi connectivity index (χ1) is 8.92. The minimum Gasteiger partial charge on any atom is -0.395 e. The Morgan fingerprint density at radius 3 is 2.63 bits per heavy atom. The zero-order valence-electron chi connectivity index (χ0n) is 12.4. The first-order valence-corrected chi connectivity index (χ1v) is 6.55. The molecule has 108 valence electrons. The van der Waals surface area contributed by atoms with Gasteiger partial charge in [0.2, 0.25) is 0 Å². The molecule has 6 nitrogen and oxygen atoms in total. The average Bonchev–Trinajstić information content (AvgIpc) is 2.64. The van der Waals surface area contributed by atoms with Crippen LogP contribution in [0.3, 0.4) is 0 Å². The molecule has 0 aromatic carbocycles. The maximum Gasteiger partial charge on any atom is 0.272 e. The highest BCUT2D eigenvalue weighted by molar-refractivity contribution is 5.98. The summed E-state index contributed by atoms with van der Waals surface area (Å²) < 4.78 is 6.75. The number of aromatic nitrogens is 2. The first-order valence-electron chi connectivity index (χ1n) is 6.55. The van der Waals surface area contributed by atoms with Crippen LogP contribution in [-0.4, -0.2) is 35.4 Å². The van der Waals surface area contributed by atoms with E-state index in [-0.39, 0.29) is 17.9 Å². The zero-order chi connectivity index (χ0) is 14.6. The Bertz CT molecular complexity index is 440. The molecule has 0 saturated heterocycles. The molecule has 0 spiro atoms. The molecule has 1 amide bonds. The van der Waals surface area contributed by atoms with Gasteiger partial charge in [0, 0.05) is 13.7 Å². The van der Waals surface area contributed by atoms with Gasteiger partial charge in [-0.05, 0) is 19.8 Å². The van der Waals surface area contributed by atoms with Crippen molar-refractivity contribution in [3.63, 3.8) is 0 Å². The molecule has 19 heavy (non-hydrogen) atoms. The predicted molar refractivity (Wildman–Crippen MR) is 75.0 cm³/mol. The lowest BCUT2D eigenvalue weighted by Gasteiger charge is -2.21. The third-order valence-electron chi connectivity index (χ3n) is 3.16. The van der Waals surface area contributed by atoms with E-state index < -0.39 is 0 Å². The Kier molecular flexibility index (Phi) is 5.35. The van der Waals surface area contributed by atoms with E-state index in [0.717, 1.165) is 0 Å². The summed E-state index contributed by atoms with van der Waals surface area (Å²) in [6.45, 7) is 8.89. The summed E-state index contributed by atoms with van der Waals surface area (Å²) in [7, 11) is 1.62. The third kappa shape index (κ3) is 3.47. The van der Waals surface area contributed by atoms with E-state index in [4.69, 9.17) is 10.5 Å². The summed E-state index contributed by atoms with van der Waals surface area (Å²) in [5.74, 6) is 0.0833. The first kappa shape index (κ1) is 15.5. The number of nitrogen functional groups attached to an aromatic ring is 1. The van der Waals surface area contributed by atoms with Crippen molar-refractivity contribution in [2.75, 3.05) is 19.5 Å². The molecule has 1 unspecified atom stereocenters. The van der Waals surface area contributed by atoms with Crippen LogP contribution >= 0.6 is 0 Å². The monoisotopic (exact) mass is 268 g/mol. The fraction of sp³-hybridized carbons (Fsp3) is 0.692. The van der Waals surface area contributed by atoms with E-state index in [1.165, 1.54) is 0 Å². The van der Waals surface area contributed by atoms with Crippen LogP contribution in [0.5, 0.6) is 0 Å². The van der Waals surface area contributed by atoms with Crippen molar-refractivity contribution in [1.29, 1.82) is 0 Å². The van der Waals surface area contributed by atoms with Crippen molar-refractivity contribution in [3.8, 4) is 0 Å². The van der Waals surface area contributed by atoms with Gasteiger partial charge in [0.1, 0.15) is 5.69 Å². The number of rotatable bonds is 6. The molecule has 0 aliphatic heterocycles. The largest absolute Gasteiger partial charge is 0.395 e. The number of nitrogens with two attached hydrogens (primary N) is 1. The maximum absolute atomic E-state index is 12.3. The predicted octanol–water partition coefficient (Wildman–Crippen LogP) is 1.19. The lowest BCUT2D eigenvalue weighted by Crippen LogP contribution is -2.42. The maximum atomic E-state index is 12.3. The lowest BCUT2D eigenvalue weighted by atomic mass is 10.1. The number of ether oxygens (including phenoxy) is 1. The molecule has 1 rings (SSSR count). The number of nitrogens with zero attached hydrogens (tertiary/aromatic N) is 2. The number of hydrogen-bond donors (Lipinski definition) is 2. The van der Waals surface area contributed by atoms with E-state index >= 15 is 0 Å². The Morgan fingerprint density at radius 2 is 2.16 bits per heavy atom. The van der Waals surface area contributed by atoms with Crippen LogP contribution in [0, 0.1) is 12.8 Å². The second-order valence-electron chi connectivity index (χ2n) is 4.94. The van der Waals surface area contributed by atoms with E-state index in [2.05, 4.69) is 10.4 Å². The van der Waals surface area contributed by atoms with Gasteiger partial charge in [-0.2, -0.15) is 5.10 Å². The molecular weight excluding hydrogens is 244 g/mol. The summed E-state index contributed by atoms with van der Waals surface area (Å²) in [4.78, 5) is 12.3. The van der Waals surface area contributed by atoms with E-state index in [0.29, 0.717) is 30.2 Å². The highest BCUT2D eigenvalue weighted by Gasteiger charge is 2.23. The van der Waals surface area contributed by atoms with Gasteiger partial charge >= 0.3 is 0 Å². The quantitative estimate of drug-likeness (QED) is 0.812. The van der Waals surface area contributed by atoms with E-state index in [1.54, 1.807) is 18.7 Å². The molecule has 1 atom stereocenters.